The molecule has 4 rings (SSSR count). The molecule has 1 amide bonds. The number of nitriles is 1. The summed E-state index contributed by atoms with van der Waals surface area (Å²) in [5, 5.41) is 16.5. The van der Waals surface area contributed by atoms with Gasteiger partial charge in [-0.25, -0.2) is 0 Å². The van der Waals surface area contributed by atoms with Gasteiger partial charge in [-0.15, -0.1) is 0 Å². The predicted octanol–water partition coefficient (Wildman–Crippen LogP) is 3.67. The molecule has 1 aliphatic heterocycles. The molecular formula is C23H20ClN5O2. The van der Waals surface area contributed by atoms with Gasteiger partial charge in [-0.1, -0.05) is 41.0 Å². The van der Waals surface area contributed by atoms with Gasteiger partial charge in [0.05, 0.1) is 0 Å². The lowest BCUT2D eigenvalue weighted by Crippen LogP contribution is -2.35. The number of likely N-dealkylation sites (tertiary alicyclic amines) is 1. The number of nitrogens with zero attached hydrogens (tertiary/aromatic N) is 4. The highest BCUT2D eigenvalue weighted by Crippen LogP contribution is 2.20. The van der Waals surface area contributed by atoms with Crippen molar-refractivity contribution in [1.82, 2.24) is 20.4 Å². The minimum Gasteiger partial charge on any atom is -0.348 e. The molecule has 2 heterocycles. The molecule has 0 spiro atoms. The minimum atomic E-state index is -0.170. The lowest BCUT2D eigenvalue weighted by Gasteiger charge is -2.10. The Morgan fingerprint density at radius 1 is 1.32 bits per heavy atom. The minimum absolute atomic E-state index is 0.0119. The molecule has 1 fully saturated rings. The summed E-state index contributed by atoms with van der Waals surface area (Å²) in [7, 11) is 0. The van der Waals surface area contributed by atoms with E-state index in [1.165, 1.54) is 6.08 Å². The molecule has 31 heavy (non-hydrogen) atoms. The second kappa shape index (κ2) is 9.45. The Kier molecular flexibility index (Phi) is 6.29. The molecule has 1 aliphatic rings. The molecule has 3 aromatic rings. The maximum Gasteiger partial charge on any atom is 0.257 e. The molecule has 2 aromatic carbocycles. The second-order valence-electron chi connectivity index (χ2n) is 7.32. The van der Waals surface area contributed by atoms with Crippen molar-refractivity contribution in [2.45, 2.75) is 18.9 Å². The Morgan fingerprint density at radius 2 is 2.16 bits per heavy atom. The number of aromatic nitrogens is 2. The van der Waals surface area contributed by atoms with E-state index in [0.717, 1.165) is 23.1 Å². The van der Waals surface area contributed by atoms with Crippen LogP contribution < -0.4 is 5.32 Å². The number of halogens is 1. The third-order valence-corrected chi connectivity index (χ3v) is 5.22. The quantitative estimate of drug-likeness (QED) is 0.470. The standard InChI is InChI=1S/C23H20ClN5O2/c24-19-3-1-2-17(12-19)13-21-27-23(31-28-21)18-7-4-16(5-8-18)6-9-22(30)26-20-10-11-29(14-20)15-25/h1-9,12,20H,10-11,13-14H2,(H,26,30)/b9-6+. The van der Waals surface area contributed by atoms with Gasteiger partial charge < -0.3 is 14.7 Å². The first-order valence-corrected chi connectivity index (χ1v) is 10.3. The second-order valence-corrected chi connectivity index (χ2v) is 7.75. The summed E-state index contributed by atoms with van der Waals surface area (Å²) in [4.78, 5) is 18.2. The van der Waals surface area contributed by atoms with Gasteiger partial charge >= 0.3 is 0 Å². The van der Waals surface area contributed by atoms with Crippen LogP contribution in [0, 0.1) is 11.5 Å². The topological polar surface area (TPSA) is 95.1 Å². The van der Waals surface area contributed by atoms with Crippen LogP contribution in [0.25, 0.3) is 17.5 Å². The summed E-state index contributed by atoms with van der Waals surface area (Å²) in [6.07, 6.45) is 6.66. The molecular weight excluding hydrogens is 414 g/mol. The van der Waals surface area contributed by atoms with E-state index >= 15 is 0 Å². The molecule has 0 radical (unpaired) electrons. The fourth-order valence-corrected chi connectivity index (χ4v) is 3.61. The highest BCUT2D eigenvalue weighted by Gasteiger charge is 2.22. The van der Waals surface area contributed by atoms with Crippen molar-refractivity contribution < 1.29 is 9.32 Å². The highest BCUT2D eigenvalue weighted by atomic mass is 35.5. The number of hydrogen-bond acceptors (Lipinski definition) is 6. The predicted molar refractivity (Wildman–Crippen MR) is 117 cm³/mol. The number of benzene rings is 2. The van der Waals surface area contributed by atoms with Crippen molar-refractivity contribution in [3.05, 3.63) is 76.6 Å². The molecule has 0 saturated carbocycles. The van der Waals surface area contributed by atoms with Crippen LogP contribution in [-0.2, 0) is 11.2 Å². The van der Waals surface area contributed by atoms with Crippen LogP contribution in [0.2, 0.25) is 5.02 Å². The molecule has 1 aromatic heterocycles. The first kappa shape index (κ1) is 20.6. The maximum atomic E-state index is 12.1. The number of amides is 1. The van der Waals surface area contributed by atoms with Crippen LogP contribution in [0.5, 0.6) is 0 Å². The number of hydrogen-bond donors (Lipinski definition) is 1. The van der Waals surface area contributed by atoms with Crippen LogP contribution in [-0.4, -0.2) is 40.1 Å². The van der Waals surface area contributed by atoms with Crippen LogP contribution >= 0.6 is 11.6 Å². The lowest BCUT2D eigenvalue weighted by molar-refractivity contribution is -0.117. The fraction of sp³-hybridized carbons (Fsp3) is 0.217. The van der Waals surface area contributed by atoms with E-state index in [9.17, 15) is 4.79 Å². The zero-order valence-electron chi connectivity index (χ0n) is 16.7. The highest BCUT2D eigenvalue weighted by molar-refractivity contribution is 6.30. The van der Waals surface area contributed by atoms with Crippen molar-refractivity contribution in [3.63, 3.8) is 0 Å². The van der Waals surface area contributed by atoms with Crippen molar-refractivity contribution in [2.24, 2.45) is 0 Å². The number of carbonyl (C=O) groups excluding carboxylic acids is 1. The van der Waals surface area contributed by atoms with Crippen molar-refractivity contribution >= 4 is 23.6 Å². The first-order valence-electron chi connectivity index (χ1n) is 9.90. The van der Waals surface area contributed by atoms with Gasteiger partial charge in [0.1, 0.15) is 0 Å². The van der Waals surface area contributed by atoms with Gasteiger partial charge in [0.25, 0.3) is 5.89 Å². The average Bonchev–Trinajstić information content (AvgIpc) is 3.42. The number of carbonyl (C=O) groups is 1. The van der Waals surface area contributed by atoms with Crippen molar-refractivity contribution in [3.8, 4) is 17.6 Å². The summed E-state index contributed by atoms with van der Waals surface area (Å²) < 4.78 is 5.38. The number of nitrogens with one attached hydrogen (secondary N) is 1. The molecule has 0 aliphatic carbocycles. The van der Waals surface area contributed by atoms with Crippen molar-refractivity contribution in [1.29, 1.82) is 5.26 Å². The van der Waals surface area contributed by atoms with Crippen LogP contribution in [0.15, 0.2) is 59.1 Å². The Labute approximate surface area is 184 Å². The van der Waals surface area contributed by atoms with E-state index in [1.807, 2.05) is 48.5 Å². The van der Waals surface area contributed by atoms with Crippen LogP contribution in [0.4, 0.5) is 0 Å². The fourth-order valence-electron chi connectivity index (χ4n) is 3.40. The van der Waals surface area contributed by atoms with E-state index in [1.54, 1.807) is 11.0 Å². The summed E-state index contributed by atoms with van der Waals surface area (Å²) in [5.74, 6) is 0.852. The smallest absolute Gasteiger partial charge is 0.257 e. The molecule has 1 atom stereocenters. The molecule has 8 heteroatoms. The van der Waals surface area contributed by atoms with Gasteiger partial charge in [-0.05, 0) is 47.9 Å². The van der Waals surface area contributed by atoms with Gasteiger partial charge in [-0.3, -0.25) is 4.79 Å². The zero-order valence-corrected chi connectivity index (χ0v) is 17.4. The van der Waals surface area contributed by atoms with Gasteiger partial charge in [0.2, 0.25) is 5.91 Å². The molecule has 1 unspecified atom stereocenters. The van der Waals surface area contributed by atoms with E-state index in [2.05, 4.69) is 21.7 Å². The van der Waals surface area contributed by atoms with Crippen LogP contribution in [0.3, 0.4) is 0 Å². The third kappa shape index (κ3) is 5.50. The first-order chi connectivity index (χ1) is 15.1. The molecule has 0 bridgehead atoms. The SMILES string of the molecule is N#CN1CCC(NC(=O)/C=C/c2ccc(-c3nc(Cc4cccc(Cl)c4)no3)cc2)C1. The number of rotatable bonds is 6. The third-order valence-electron chi connectivity index (χ3n) is 4.98. The van der Waals surface area contributed by atoms with E-state index in [-0.39, 0.29) is 11.9 Å². The maximum absolute atomic E-state index is 12.1. The Balaban J connectivity index is 1.34. The van der Waals surface area contributed by atoms with Gasteiger partial charge in [-0.2, -0.15) is 10.2 Å². The Bertz CT molecular complexity index is 1130. The summed E-state index contributed by atoms with van der Waals surface area (Å²) >= 11 is 6.02. The summed E-state index contributed by atoms with van der Waals surface area (Å²) in [5.41, 5.74) is 2.69. The Hall–Kier alpha value is -3.63. The van der Waals surface area contributed by atoms with Gasteiger partial charge in [0.15, 0.2) is 12.0 Å². The van der Waals surface area contributed by atoms with E-state index < -0.39 is 0 Å². The summed E-state index contributed by atoms with van der Waals surface area (Å²) in [6.45, 7) is 1.25. The normalized spacial score (nSPS) is 15.9. The van der Waals surface area contributed by atoms with Crippen molar-refractivity contribution in [2.75, 3.05) is 13.1 Å². The lowest BCUT2D eigenvalue weighted by atomic mass is 10.1. The molecule has 1 N–H and O–H groups in total. The molecule has 156 valence electrons. The molecule has 1 saturated heterocycles. The largest absolute Gasteiger partial charge is 0.348 e. The summed E-state index contributed by atoms with van der Waals surface area (Å²) in [6, 6.07) is 15.1. The zero-order chi connectivity index (χ0) is 21.6. The monoisotopic (exact) mass is 433 g/mol. The average molecular weight is 434 g/mol. The van der Waals surface area contributed by atoms with Crippen LogP contribution in [0.1, 0.15) is 23.4 Å². The Morgan fingerprint density at radius 3 is 2.90 bits per heavy atom. The van der Waals surface area contributed by atoms with E-state index in [4.69, 9.17) is 21.4 Å². The van der Waals surface area contributed by atoms with Gasteiger partial charge in [0, 0.05) is 42.2 Å². The molecule has 7 nitrogen and oxygen atoms in total. The van der Waals surface area contributed by atoms with E-state index in [0.29, 0.717) is 36.2 Å².